The number of hydrogen-bond acceptors (Lipinski definition) is 3. The van der Waals surface area contributed by atoms with E-state index in [-0.39, 0.29) is 17.6 Å². The highest BCUT2D eigenvalue weighted by Gasteiger charge is 2.28. The van der Waals surface area contributed by atoms with Crippen LogP contribution in [0.25, 0.3) is 0 Å². The molecule has 0 fully saturated rings. The van der Waals surface area contributed by atoms with E-state index in [4.69, 9.17) is 4.74 Å². The number of aromatic hydroxyl groups is 2. The van der Waals surface area contributed by atoms with Gasteiger partial charge in [-0.2, -0.15) is 0 Å². The lowest BCUT2D eigenvalue weighted by Crippen LogP contribution is -2.12. The van der Waals surface area contributed by atoms with Crippen molar-refractivity contribution in [3.63, 3.8) is 0 Å². The summed E-state index contributed by atoms with van der Waals surface area (Å²) >= 11 is 0. The van der Waals surface area contributed by atoms with E-state index in [0.717, 1.165) is 24.8 Å². The van der Waals surface area contributed by atoms with Crippen LogP contribution in [0.3, 0.4) is 0 Å². The fourth-order valence-corrected chi connectivity index (χ4v) is 2.59. The Kier molecular flexibility index (Phi) is 4.35. The highest BCUT2D eigenvalue weighted by molar-refractivity contribution is 5.59. The standard InChI is InChI=1S/C16H22O3/c1-3-5-6-8-12-9-11-10-14(17)13(7-4-2)15(18)16(11)19-12/h4,10,12,17-18H,2-3,5-9H2,1H3. The third kappa shape index (κ3) is 2.86. The van der Waals surface area contributed by atoms with Crippen LogP contribution in [0.1, 0.15) is 43.7 Å². The summed E-state index contributed by atoms with van der Waals surface area (Å²) in [4.78, 5) is 0. The van der Waals surface area contributed by atoms with Gasteiger partial charge in [-0.25, -0.2) is 0 Å². The highest BCUT2D eigenvalue weighted by atomic mass is 16.5. The lowest BCUT2D eigenvalue weighted by atomic mass is 10.0. The zero-order valence-corrected chi connectivity index (χ0v) is 11.5. The van der Waals surface area contributed by atoms with Crippen LogP contribution in [0.4, 0.5) is 0 Å². The van der Waals surface area contributed by atoms with E-state index >= 15 is 0 Å². The zero-order valence-electron chi connectivity index (χ0n) is 11.5. The van der Waals surface area contributed by atoms with Crippen molar-refractivity contribution in [1.82, 2.24) is 0 Å². The summed E-state index contributed by atoms with van der Waals surface area (Å²) in [5.74, 6) is 0.762. The fraction of sp³-hybridized carbons (Fsp3) is 0.500. The minimum Gasteiger partial charge on any atom is -0.508 e. The molecule has 2 N–H and O–H groups in total. The second-order valence-corrected chi connectivity index (χ2v) is 5.14. The Morgan fingerprint density at radius 1 is 1.42 bits per heavy atom. The molecule has 0 radical (unpaired) electrons. The third-order valence-electron chi connectivity index (χ3n) is 3.62. The molecule has 1 aromatic rings. The van der Waals surface area contributed by atoms with Gasteiger partial charge in [-0.3, -0.25) is 0 Å². The van der Waals surface area contributed by atoms with Crippen LogP contribution in [0, 0.1) is 0 Å². The molecule has 1 aliphatic rings. The van der Waals surface area contributed by atoms with Gasteiger partial charge in [0.25, 0.3) is 0 Å². The Morgan fingerprint density at radius 3 is 2.89 bits per heavy atom. The highest BCUT2D eigenvalue weighted by Crippen LogP contribution is 2.44. The largest absolute Gasteiger partial charge is 0.508 e. The third-order valence-corrected chi connectivity index (χ3v) is 3.62. The summed E-state index contributed by atoms with van der Waals surface area (Å²) < 4.78 is 5.83. The molecule has 19 heavy (non-hydrogen) atoms. The number of allylic oxidation sites excluding steroid dienone is 1. The maximum atomic E-state index is 10.2. The number of phenolic OH excluding ortho intramolecular Hbond substituents is 2. The van der Waals surface area contributed by atoms with Crippen LogP contribution >= 0.6 is 0 Å². The summed E-state index contributed by atoms with van der Waals surface area (Å²) in [7, 11) is 0. The summed E-state index contributed by atoms with van der Waals surface area (Å²) in [5.41, 5.74) is 1.41. The molecule has 104 valence electrons. The van der Waals surface area contributed by atoms with Gasteiger partial charge in [0, 0.05) is 17.5 Å². The zero-order chi connectivity index (χ0) is 13.8. The lowest BCUT2D eigenvalue weighted by molar-refractivity contribution is 0.209. The number of phenols is 2. The smallest absolute Gasteiger partial charge is 0.165 e. The molecule has 1 unspecified atom stereocenters. The van der Waals surface area contributed by atoms with Gasteiger partial charge in [-0.15, -0.1) is 6.58 Å². The first-order valence-corrected chi connectivity index (χ1v) is 7.01. The van der Waals surface area contributed by atoms with Gasteiger partial charge in [-0.1, -0.05) is 25.8 Å². The van der Waals surface area contributed by atoms with Gasteiger partial charge in [0.05, 0.1) is 0 Å². The molecule has 0 saturated carbocycles. The summed E-state index contributed by atoms with van der Waals surface area (Å²) in [6, 6.07) is 1.72. The molecule has 2 rings (SSSR count). The van der Waals surface area contributed by atoms with Crippen LogP contribution in [-0.4, -0.2) is 16.3 Å². The van der Waals surface area contributed by atoms with Crippen molar-refractivity contribution in [2.45, 2.75) is 51.6 Å². The second kappa shape index (κ2) is 6.00. The normalized spacial score (nSPS) is 17.0. The van der Waals surface area contributed by atoms with E-state index in [2.05, 4.69) is 13.5 Å². The van der Waals surface area contributed by atoms with Gasteiger partial charge in [0.15, 0.2) is 11.5 Å². The van der Waals surface area contributed by atoms with Gasteiger partial charge in [-0.05, 0) is 25.3 Å². The Morgan fingerprint density at radius 2 is 2.21 bits per heavy atom. The van der Waals surface area contributed by atoms with Gasteiger partial charge in [0.2, 0.25) is 0 Å². The van der Waals surface area contributed by atoms with Crippen LogP contribution in [0.5, 0.6) is 17.2 Å². The molecule has 1 aliphatic heterocycles. The molecule has 0 aliphatic carbocycles. The van der Waals surface area contributed by atoms with E-state index in [9.17, 15) is 10.2 Å². The minimum atomic E-state index is 0.0768. The van der Waals surface area contributed by atoms with Crippen molar-refractivity contribution < 1.29 is 14.9 Å². The molecule has 3 nitrogen and oxygen atoms in total. The van der Waals surface area contributed by atoms with E-state index in [1.165, 1.54) is 12.8 Å². The van der Waals surface area contributed by atoms with Gasteiger partial charge in [0.1, 0.15) is 11.9 Å². The number of benzene rings is 1. The molecule has 1 atom stereocenters. The van der Waals surface area contributed by atoms with Crippen molar-refractivity contribution >= 4 is 0 Å². The van der Waals surface area contributed by atoms with E-state index in [0.29, 0.717) is 17.7 Å². The Bertz CT molecular complexity index is 466. The van der Waals surface area contributed by atoms with Gasteiger partial charge < -0.3 is 14.9 Å². The van der Waals surface area contributed by atoms with E-state index in [1.54, 1.807) is 12.1 Å². The molecular weight excluding hydrogens is 240 g/mol. The first-order valence-electron chi connectivity index (χ1n) is 7.01. The van der Waals surface area contributed by atoms with E-state index < -0.39 is 0 Å². The van der Waals surface area contributed by atoms with Crippen molar-refractivity contribution in [1.29, 1.82) is 0 Å². The average molecular weight is 262 g/mol. The molecule has 1 heterocycles. The topological polar surface area (TPSA) is 49.7 Å². The minimum absolute atomic E-state index is 0.0768. The first-order chi connectivity index (χ1) is 9.17. The van der Waals surface area contributed by atoms with Crippen molar-refractivity contribution in [3.8, 4) is 17.2 Å². The fourth-order valence-electron chi connectivity index (χ4n) is 2.59. The number of unbranched alkanes of at least 4 members (excludes halogenated alkanes) is 2. The number of hydrogen-bond donors (Lipinski definition) is 2. The maximum absolute atomic E-state index is 10.2. The number of fused-ring (bicyclic) bond motifs is 1. The predicted molar refractivity (Wildman–Crippen MR) is 75.9 cm³/mol. The molecular formula is C16H22O3. The van der Waals surface area contributed by atoms with Crippen molar-refractivity contribution in [2.24, 2.45) is 0 Å². The van der Waals surface area contributed by atoms with Crippen molar-refractivity contribution in [3.05, 3.63) is 29.8 Å². The summed E-state index contributed by atoms with van der Waals surface area (Å²) in [6.45, 7) is 5.81. The van der Waals surface area contributed by atoms with E-state index in [1.807, 2.05) is 0 Å². The molecule has 3 heteroatoms. The molecule has 0 spiro atoms. The summed E-state index contributed by atoms with van der Waals surface area (Å²) in [6.07, 6.45) is 7.54. The first kappa shape index (κ1) is 13.8. The Balaban J connectivity index is 2.14. The molecule has 0 amide bonds. The maximum Gasteiger partial charge on any atom is 0.165 e. The monoisotopic (exact) mass is 262 g/mol. The number of ether oxygens (including phenoxy) is 1. The van der Waals surface area contributed by atoms with Crippen LogP contribution < -0.4 is 4.74 Å². The molecule has 0 bridgehead atoms. The molecule has 0 aromatic heterocycles. The predicted octanol–water partition coefficient (Wildman–Crippen LogP) is 3.71. The van der Waals surface area contributed by atoms with Crippen LogP contribution in [0.2, 0.25) is 0 Å². The molecule has 0 saturated heterocycles. The Labute approximate surface area is 114 Å². The quantitative estimate of drug-likeness (QED) is 0.607. The number of rotatable bonds is 6. The lowest BCUT2D eigenvalue weighted by Gasteiger charge is -2.12. The van der Waals surface area contributed by atoms with Gasteiger partial charge >= 0.3 is 0 Å². The molecule has 1 aromatic carbocycles. The average Bonchev–Trinajstić information content (AvgIpc) is 2.78. The summed E-state index contributed by atoms with van der Waals surface area (Å²) in [5, 5.41) is 20.1. The van der Waals surface area contributed by atoms with Crippen molar-refractivity contribution in [2.75, 3.05) is 0 Å². The van der Waals surface area contributed by atoms with Crippen LogP contribution in [-0.2, 0) is 12.8 Å². The van der Waals surface area contributed by atoms with Crippen LogP contribution in [0.15, 0.2) is 18.7 Å². The Hall–Kier alpha value is -1.64. The second-order valence-electron chi connectivity index (χ2n) is 5.14. The SMILES string of the molecule is C=CCc1c(O)cc2c(c1O)OC(CCCCC)C2.